The molecule has 2 saturated heterocycles. The van der Waals surface area contributed by atoms with Crippen molar-refractivity contribution in [3.8, 4) is 0 Å². The SMILES string of the molecule is Cc1ncnc(N2CC3CN(Cc4cccc(=O)n4C)CC3C2)c1C. The van der Waals surface area contributed by atoms with E-state index in [0.29, 0.717) is 11.8 Å². The molecule has 2 unspecified atom stereocenters. The van der Waals surface area contributed by atoms with Crippen molar-refractivity contribution in [1.82, 2.24) is 19.4 Å². The molecule has 2 fully saturated rings. The number of rotatable bonds is 3. The Morgan fingerprint density at radius 2 is 1.80 bits per heavy atom. The average Bonchev–Trinajstić information content (AvgIpc) is 3.13. The van der Waals surface area contributed by atoms with Gasteiger partial charge in [0.05, 0.1) is 0 Å². The van der Waals surface area contributed by atoms with Crippen molar-refractivity contribution in [2.24, 2.45) is 18.9 Å². The predicted octanol–water partition coefficient (Wildman–Crippen LogP) is 1.36. The number of hydrogen-bond donors (Lipinski definition) is 0. The van der Waals surface area contributed by atoms with Gasteiger partial charge >= 0.3 is 0 Å². The molecule has 2 aromatic rings. The second-order valence-corrected chi connectivity index (χ2v) is 7.44. The van der Waals surface area contributed by atoms with E-state index in [1.807, 2.05) is 20.0 Å². The molecule has 0 spiro atoms. The third-order valence-corrected chi connectivity index (χ3v) is 5.85. The van der Waals surface area contributed by atoms with Crippen LogP contribution in [0.1, 0.15) is 17.0 Å². The molecule has 0 saturated carbocycles. The van der Waals surface area contributed by atoms with Crippen LogP contribution in [0.25, 0.3) is 0 Å². The maximum absolute atomic E-state index is 11.8. The molecule has 0 amide bonds. The molecule has 0 N–H and O–H groups in total. The Morgan fingerprint density at radius 3 is 2.52 bits per heavy atom. The van der Waals surface area contributed by atoms with E-state index < -0.39 is 0 Å². The smallest absolute Gasteiger partial charge is 0.250 e. The van der Waals surface area contributed by atoms with E-state index in [0.717, 1.165) is 49.9 Å². The van der Waals surface area contributed by atoms with E-state index in [-0.39, 0.29) is 5.56 Å². The van der Waals surface area contributed by atoms with Gasteiger partial charge in [0.25, 0.3) is 0 Å². The summed E-state index contributed by atoms with van der Waals surface area (Å²) >= 11 is 0. The first-order valence-corrected chi connectivity index (χ1v) is 8.93. The highest BCUT2D eigenvalue weighted by molar-refractivity contribution is 5.48. The standard InChI is InChI=1S/C19H25N5O/c1-13-14(2)20-12-21-19(13)24-9-15-7-23(8-16(15)10-24)11-17-5-4-6-18(25)22(17)3/h4-6,12,15-16H,7-11H2,1-3H3. The van der Waals surface area contributed by atoms with Crippen molar-refractivity contribution in [3.05, 3.63) is 51.8 Å². The maximum Gasteiger partial charge on any atom is 0.250 e. The fraction of sp³-hybridized carbons (Fsp3) is 0.526. The van der Waals surface area contributed by atoms with Gasteiger partial charge in [-0.05, 0) is 31.7 Å². The van der Waals surface area contributed by atoms with Gasteiger partial charge in [-0.3, -0.25) is 9.69 Å². The van der Waals surface area contributed by atoms with Crippen LogP contribution < -0.4 is 10.5 Å². The van der Waals surface area contributed by atoms with Gasteiger partial charge < -0.3 is 9.47 Å². The van der Waals surface area contributed by atoms with E-state index in [2.05, 4.69) is 32.8 Å². The molecule has 2 aromatic heterocycles. The van der Waals surface area contributed by atoms with Crippen molar-refractivity contribution in [2.75, 3.05) is 31.1 Å². The maximum atomic E-state index is 11.8. The lowest BCUT2D eigenvalue weighted by atomic mass is 10.0. The monoisotopic (exact) mass is 339 g/mol. The molecule has 2 aliphatic rings. The first-order chi connectivity index (χ1) is 12.0. The first kappa shape index (κ1) is 16.3. The molecule has 4 heterocycles. The molecule has 132 valence electrons. The van der Waals surface area contributed by atoms with Crippen LogP contribution in [0, 0.1) is 25.7 Å². The van der Waals surface area contributed by atoms with Gasteiger partial charge in [-0.2, -0.15) is 0 Å². The molecule has 0 aliphatic carbocycles. The Morgan fingerprint density at radius 1 is 1.08 bits per heavy atom. The topological polar surface area (TPSA) is 54.3 Å². The van der Waals surface area contributed by atoms with Crippen LogP contribution in [0.4, 0.5) is 5.82 Å². The molecule has 0 aromatic carbocycles. The normalized spacial score (nSPS) is 23.2. The minimum absolute atomic E-state index is 0.0673. The van der Waals surface area contributed by atoms with E-state index >= 15 is 0 Å². The Kier molecular flexibility index (Phi) is 4.07. The minimum atomic E-state index is 0.0673. The van der Waals surface area contributed by atoms with Gasteiger partial charge in [0.1, 0.15) is 12.1 Å². The number of nitrogens with zero attached hydrogens (tertiary/aromatic N) is 5. The third kappa shape index (κ3) is 2.95. The second kappa shape index (κ2) is 6.26. The summed E-state index contributed by atoms with van der Waals surface area (Å²) in [7, 11) is 1.86. The number of pyridine rings is 1. The molecule has 2 aliphatic heterocycles. The Balaban J connectivity index is 1.43. The summed E-state index contributed by atoms with van der Waals surface area (Å²) in [6.45, 7) is 9.31. The number of fused-ring (bicyclic) bond motifs is 1. The Bertz CT molecular complexity index is 832. The van der Waals surface area contributed by atoms with Crippen molar-refractivity contribution in [1.29, 1.82) is 0 Å². The van der Waals surface area contributed by atoms with Crippen LogP contribution >= 0.6 is 0 Å². The minimum Gasteiger partial charge on any atom is -0.356 e. The molecule has 4 rings (SSSR count). The molecule has 6 heteroatoms. The van der Waals surface area contributed by atoms with Gasteiger partial charge in [-0.1, -0.05) is 6.07 Å². The van der Waals surface area contributed by atoms with Crippen molar-refractivity contribution >= 4 is 5.82 Å². The lowest BCUT2D eigenvalue weighted by Gasteiger charge is -2.24. The van der Waals surface area contributed by atoms with Gasteiger partial charge in [0.15, 0.2) is 0 Å². The summed E-state index contributed by atoms with van der Waals surface area (Å²) in [4.78, 5) is 25.5. The highest BCUT2D eigenvalue weighted by Crippen LogP contribution is 2.34. The second-order valence-electron chi connectivity index (χ2n) is 7.44. The Hall–Kier alpha value is -2.21. The average molecular weight is 339 g/mol. The molecular formula is C19H25N5O. The largest absolute Gasteiger partial charge is 0.356 e. The summed E-state index contributed by atoms with van der Waals surface area (Å²) < 4.78 is 1.76. The highest BCUT2D eigenvalue weighted by Gasteiger charge is 2.40. The Labute approximate surface area is 148 Å². The van der Waals surface area contributed by atoms with E-state index in [1.54, 1.807) is 17.0 Å². The summed E-state index contributed by atoms with van der Waals surface area (Å²) in [6.07, 6.45) is 1.67. The number of aromatic nitrogens is 3. The van der Waals surface area contributed by atoms with Gasteiger partial charge in [-0.25, -0.2) is 9.97 Å². The number of likely N-dealkylation sites (tertiary alicyclic amines) is 1. The van der Waals surface area contributed by atoms with Crippen LogP contribution in [0.15, 0.2) is 29.3 Å². The fourth-order valence-electron chi connectivity index (χ4n) is 4.23. The third-order valence-electron chi connectivity index (χ3n) is 5.85. The van der Waals surface area contributed by atoms with Crippen LogP contribution in [0.2, 0.25) is 0 Å². The van der Waals surface area contributed by atoms with Gasteiger partial charge in [0, 0.05) is 62.8 Å². The summed E-state index contributed by atoms with van der Waals surface area (Å²) in [5.41, 5.74) is 3.41. The van der Waals surface area contributed by atoms with Gasteiger partial charge in [0.2, 0.25) is 5.56 Å². The lowest BCUT2D eigenvalue weighted by Crippen LogP contribution is -2.31. The molecule has 25 heavy (non-hydrogen) atoms. The summed E-state index contributed by atoms with van der Waals surface area (Å²) in [5.74, 6) is 2.45. The van der Waals surface area contributed by atoms with Crippen LogP contribution in [-0.4, -0.2) is 45.6 Å². The van der Waals surface area contributed by atoms with Crippen molar-refractivity contribution in [2.45, 2.75) is 20.4 Å². The van der Waals surface area contributed by atoms with Crippen LogP contribution in [-0.2, 0) is 13.6 Å². The van der Waals surface area contributed by atoms with E-state index in [1.165, 1.54) is 5.56 Å². The zero-order valence-electron chi connectivity index (χ0n) is 15.1. The van der Waals surface area contributed by atoms with Gasteiger partial charge in [-0.15, -0.1) is 0 Å². The van der Waals surface area contributed by atoms with E-state index in [4.69, 9.17) is 0 Å². The molecule has 0 bridgehead atoms. The van der Waals surface area contributed by atoms with Crippen LogP contribution in [0.3, 0.4) is 0 Å². The zero-order chi connectivity index (χ0) is 17.6. The molecule has 2 atom stereocenters. The van der Waals surface area contributed by atoms with E-state index in [9.17, 15) is 4.79 Å². The summed E-state index contributed by atoms with van der Waals surface area (Å²) in [6, 6.07) is 5.53. The molecular weight excluding hydrogens is 314 g/mol. The first-order valence-electron chi connectivity index (χ1n) is 8.93. The molecule has 0 radical (unpaired) electrons. The van der Waals surface area contributed by atoms with Crippen molar-refractivity contribution in [3.63, 3.8) is 0 Å². The van der Waals surface area contributed by atoms with Crippen LogP contribution in [0.5, 0.6) is 0 Å². The predicted molar refractivity (Wildman–Crippen MR) is 97.7 cm³/mol. The summed E-state index contributed by atoms with van der Waals surface area (Å²) in [5, 5.41) is 0. The quantitative estimate of drug-likeness (QED) is 0.845. The van der Waals surface area contributed by atoms with Crippen molar-refractivity contribution < 1.29 is 0 Å². The molecule has 6 nitrogen and oxygen atoms in total. The zero-order valence-corrected chi connectivity index (χ0v) is 15.1. The highest BCUT2D eigenvalue weighted by atomic mass is 16.1. The number of hydrogen-bond acceptors (Lipinski definition) is 5. The lowest BCUT2D eigenvalue weighted by molar-refractivity contribution is 0.300. The number of anilines is 1. The fourth-order valence-corrected chi connectivity index (χ4v) is 4.23. The number of aryl methyl sites for hydroxylation is 1.